The van der Waals surface area contributed by atoms with Gasteiger partial charge in [-0.3, -0.25) is 0 Å². The van der Waals surface area contributed by atoms with Gasteiger partial charge in [0.25, 0.3) is 0 Å². The molecular weight excluding hydrogens is 174 g/mol. The molecule has 0 aliphatic rings. The van der Waals surface area contributed by atoms with Crippen LogP contribution in [0, 0.1) is 11.3 Å². The van der Waals surface area contributed by atoms with Crippen LogP contribution in [-0.2, 0) is 0 Å². The third-order valence-corrected chi connectivity index (χ3v) is 1.88. The third kappa shape index (κ3) is 2.91. The first-order chi connectivity index (χ1) is 6.76. The average Bonchev–Trinajstić information content (AvgIpc) is 2.26. The molecular formula is C11H13N3. The average molecular weight is 187 g/mol. The Morgan fingerprint density at radius 1 is 1.64 bits per heavy atom. The van der Waals surface area contributed by atoms with Crippen molar-refractivity contribution in [3.8, 4) is 6.07 Å². The molecule has 1 aromatic heterocycles. The van der Waals surface area contributed by atoms with E-state index in [1.54, 1.807) is 6.07 Å². The molecule has 3 heteroatoms. The second-order valence-electron chi connectivity index (χ2n) is 2.98. The molecule has 14 heavy (non-hydrogen) atoms. The minimum atomic E-state index is 0.428. The van der Waals surface area contributed by atoms with Crippen molar-refractivity contribution in [1.29, 1.82) is 5.26 Å². The van der Waals surface area contributed by atoms with E-state index >= 15 is 0 Å². The van der Waals surface area contributed by atoms with Gasteiger partial charge in [-0.2, -0.15) is 5.26 Å². The number of rotatable bonds is 4. The minimum Gasteiger partial charge on any atom is -0.366 e. The Labute approximate surface area is 84.1 Å². The molecule has 0 atom stereocenters. The lowest BCUT2D eigenvalue weighted by Gasteiger charge is -2.05. The lowest BCUT2D eigenvalue weighted by molar-refractivity contribution is 1.04. The van der Waals surface area contributed by atoms with Crippen LogP contribution in [-0.4, -0.2) is 11.5 Å². The number of nitrogens with one attached hydrogen (secondary N) is 1. The fourth-order valence-electron chi connectivity index (χ4n) is 0.936. The lowest BCUT2D eigenvalue weighted by atomic mass is 10.2. The second kappa shape index (κ2) is 5.03. The van der Waals surface area contributed by atoms with Crippen LogP contribution < -0.4 is 5.32 Å². The predicted molar refractivity (Wildman–Crippen MR) is 56.9 cm³/mol. The molecule has 72 valence electrons. The first-order valence-electron chi connectivity index (χ1n) is 4.54. The molecule has 0 unspecified atom stereocenters. The van der Waals surface area contributed by atoms with Crippen LogP contribution in [0.5, 0.6) is 0 Å². The molecule has 1 aromatic rings. The molecule has 0 bridgehead atoms. The number of aromatic nitrogens is 1. The first kappa shape index (κ1) is 10.3. The molecule has 0 aliphatic heterocycles. The quantitative estimate of drug-likeness (QED) is 0.736. The fraction of sp³-hybridized carbons (Fsp3) is 0.273. The van der Waals surface area contributed by atoms with Gasteiger partial charge in [0.05, 0.1) is 0 Å². The summed E-state index contributed by atoms with van der Waals surface area (Å²) in [5.74, 6) is 0.721. The Morgan fingerprint density at radius 2 is 2.43 bits per heavy atom. The highest BCUT2D eigenvalue weighted by atomic mass is 15.0. The van der Waals surface area contributed by atoms with Crippen LogP contribution >= 0.6 is 0 Å². The summed E-state index contributed by atoms with van der Waals surface area (Å²) in [5, 5.41) is 11.7. The van der Waals surface area contributed by atoms with E-state index in [4.69, 9.17) is 5.26 Å². The maximum atomic E-state index is 8.63. The fourth-order valence-corrected chi connectivity index (χ4v) is 0.936. The van der Waals surface area contributed by atoms with E-state index in [1.165, 1.54) is 0 Å². The van der Waals surface area contributed by atoms with Crippen LogP contribution in [0.15, 0.2) is 30.4 Å². The van der Waals surface area contributed by atoms with Crippen LogP contribution in [0.3, 0.4) is 0 Å². The van der Waals surface area contributed by atoms with Crippen molar-refractivity contribution in [2.24, 2.45) is 0 Å². The molecule has 0 saturated carbocycles. The largest absolute Gasteiger partial charge is 0.366 e. The Bertz CT molecular complexity index is 363. The summed E-state index contributed by atoms with van der Waals surface area (Å²) >= 11 is 0. The molecule has 1 heterocycles. The van der Waals surface area contributed by atoms with Gasteiger partial charge in [-0.25, -0.2) is 4.98 Å². The van der Waals surface area contributed by atoms with Crippen molar-refractivity contribution in [1.82, 2.24) is 4.98 Å². The molecule has 0 saturated heterocycles. The van der Waals surface area contributed by atoms with Gasteiger partial charge in [0.1, 0.15) is 17.6 Å². The van der Waals surface area contributed by atoms with Gasteiger partial charge in [-0.15, -0.1) is 0 Å². The summed E-state index contributed by atoms with van der Waals surface area (Å²) in [4.78, 5) is 4.08. The second-order valence-corrected chi connectivity index (χ2v) is 2.98. The van der Waals surface area contributed by atoms with E-state index in [-0.39, 0.29) is 0 Å². The monoisotopic (exact) mass is 187 g/mol. The summed E-state index contributed by atoms with van der Waals surface area (Å²) in [6.45, 7) is 6.64. The van der Waals surface area contributed by atoms with E-state index in [1.807, 2.05) is 18.2 Å². The van der Waals surface area contributed by atoms with Crippen molar-refractivity contribution in [3.05, 3.63) is 36.0 Å². The third-order valence-electron chi connectivity index (χ3n) is 1.88. The highest BCUT2D eigenvalue weighted by Gasteiger charge is 1.96. The van der Waals surface area contributed by atoms with Gasteiger partial charge >= 0.3 is 0 Å². The van der Waals surface area contributed by atoms with Gasteiger partial charge in [0.2, 0.25) is 0 Å². The van der Waals surface area contributed by atoms with E-state index in [2.05, 4.69) is 23.8 Å². The summed E-state index contributed by atoms with van der Waals surface area (Å²) in [5.41, 5.74) is 1.55. The Balaban J connectivity index is 2.60. The zero-order valence-corrected chi connectivity index (χ0v) is 8.25. The van der Waals surface area contributed by atoms with E-state index < -0.39 is 0 Å². The first-order valence-corrected chi connectivity index (χ1v) is 4.54. The van der Waals surface area contributed by atoms with Crippen molar-refractivity contribution in [2.45, 2.75) is 13.3 Å². The predicted octanol–water partition coefficient (Wildman–Crippen LogP) is 2.33. The number of nitrogens with zero attached hydrogens (tertiary/aromatic N) is 2. The Kier molecular flexibility index (Phi) is 3.69. The highest BCUT2D eigenvalue weighted by molar-refractivity contribution is 5.39. The maximum Gasteiger partial charge on any atom is 0.142 e. The van der Waals surface area contributed by atoms with E-state index in [0.29, 0.717) is 12.2 Å². The van der Waals surface area contributed by atoms with Gasteiger partial charge in [0, 0.05) is 6.54 Å². The highest BCUT2D eigenvalue weighted by Crippen LogP contribution is 2.05. The number of nitriles is 1. The molecule has 3 nitrogen and oxygen atoms in total. The SMILES string of the molecule is C=C(CC)CNc1cccc(C#N)n1. The van der Waals surface area contributed by atoms with Crippen molar-refractivity contribution < 1.29 is 0 Å². The Morgan fingerprint density at radius 3 is 3.07 bits per heavy atom. The number of hydrogen-bond donors (Lipinski definition) is 1. The molecule has 1 N–H and O–H groups in total. The Hall–Kier alpha value is -1.82. The number of hydrogen-bond acceptors (Lipinski definition) is 3. The standard InChI is InChI=1S/C11H13N3/c1-3-9(2)8-13-11-6-4-5-10(7-12)14-11/h4-6H,2-3,8H2,1H3,(H,13,14). The van der Waals surface area contributed by atoms with Crippen molar-refractivity contribution in [3.63, 3.8) is 0 Å². The summed E-state index contributed by atoms with van der Waals surface area (Å²) in [7, 11) is 0. The molecule has 0 aliphatic carbocycles. The summed E-state index contributed by atoms with van der Waals surface area (Å²) < 4.78 is 0. The van der Waals surface area contributed by atoms with E-state index in [9.17, 15) is 0 Å². The molecule has 1 rings (SSSR count). The van der Waals surface area contributed by atoms with Crippen LogP contribution in [0.25, 0.3) is 0 Å². The molecule has 0 spiro atoms. The smallest absolute Gasteiger partial charge is 0.142 e. The zero-order valence-electron chi connectivity index (χ0n) is 8.25. The molecule has 0 aromatic carbocycles. The van der Waals surface area contributed by atoms with Crippen molar-refractivity contribution in [2.75, 3.05) is 11.9 Å². The minimum absolute atomic E-state index is 0.428. The van der Waals surface area contributed by atoms with Gasteiger partial charge in [-0.1, -0.05) is 25.1 Å². The van der Waals surface area contributed by atoms with Gasteiger partial charge in [-0.05, 0) is 18.6 Å². The van der Waals surface area contributed by atoms with Crippen molar-refractivity contribution >= 4 is 5.82 Å². The normalized spacial score (nSPS) is 9.14. The van der Waals surface area contributed by atoms with E-state index in [0.717, 1.165) is 17.8 Å². The van der Waals surface area contributed by atoms with Crippen LogP contribution in [0.4, 0.5) is 5.82 Å². The molecule has 0 amide bonds. The van der Waals surface area contributed by atoms with Crippen LogP contribution in [0.1, 0.15) is 19.0 Å². The maximum absolute atomic E-state index is 8.63. The topological polar surface area (TPSA) is 48.7 Å². The molecule has 0 radical (unpaired) electrons. The lowest BCUT2D eigenvalue weighted by Crippen LogP contribution is -2.05. The number of pyridine rings is 1. The summed E-state index contributed by atoms with van der Waals surface area (Å²) in [6, 6.07) is 7.32. The van der Waals surface area contributed by atoms with Crippen LogP contribution in [0.2, 0.25) is 0 Å². The zero-order chi connectivity index (χ0) is 10.4. The molecule has 0 fully saturated rings. The number of anilines is 1. The summed E-state index contributed by atoms with van der Waals surface area (Å²) in [6.07, 6.45) is 0.949. The van der Waals surface area contributed by atoms with Gasteiger partial charge in [0.15, 0.2) is 0 Å². The van der Waals surface area contributed by atoms with Gasteiger partial charge < -0.3 is 5.32 Å².